The predicted molar refractivity (Wildman–Crippen MR) is 51.4 cm³/mol. The Morgan fingerprint density at radius 2 is 2.09 bits per heavy atom. The monoisotopic (exact) mass is 188 g/mol. The van der Waals surface area contributed by atoms with Gasteiger partial charge in [-0.15, -0.1) is 11.7 Å². The first-order valence-electron chi connectivity index (χ1n) is 3.30. The molecule has 0 heterocycles. The number of rotatable bonds is 2. The van der Waals surface area contributed by atoms with Crippen molar-refractivity contribution in [2.24, 2.45) is 0 Å². The fourth-order valence-electron chi connectivity index (χ4n) is 0.862. The number of hydrogen-bond donors (Lipinski definition) is 1. The van der Waals surface area contributed by atoms with Crippen molar-refractivity contribution in [1.29, 1.82) is 0 Å². The third-order valence-electron chi connectivity index (χ3n) is 1.50. The standard InChI is InChI=1S/C8H9FS2/c1-6(11-10)7-4-2-3-5-8(7)9/h2-6,10H,1H3. The summed E-state index contributed by atoms with van der Waals surface area (Å²) in [4.78, 5) is 0. The summed E-state index contributed by atoms with van der Waals surface area (Å²) in [6.07, 6.45) is 0. The molecular formula is C8H9FS2. The molecule has 0 nitrogen and oxygen atoms in total. The third kappa shape index (κ3) is 2.14. The highest BCUT2D eigenvalue weighted by Gasteiger charge is 2.07. The van der Waals surface area contributed by atoms with Gasteiger partial charge in [-0.3, -0.25) is 0 Å². The van der Waals surface area contributed by atoms with E-state index in [1.807, 2.05) is 13.0 Å². The largest absolute Gasteiger partial charge is 0.207 e. The fraction of sp³-hybridized carbons (Fsp3) is 0.250. The van der Waals surface area contributed by atoms with Crippen LogP contribution in [0.2, 0.25) is 0 Å². The normalized spacial score (nSPS) is 13.0. The second-order valence-corrected chi connectivity index (χ2v) is 3.82. The van der Waals surface area contributed by atoms with Crippen LogP contribution in [0.25, 0.3) is 0 Å². The van der Waals surface area contributed by atoms with Crippen LogP contribution in [0.1, 0.15) is 17.7 Å². The molecule has 0 amide bonds. The molecule has 0 N–H and O–H groups in total. The first kappa shape index (κ1) is 8.94. The smallest absolute Gasteiger partial charge is 0.127 e. The molecule has 0 saturated carbocycles. The van der Waals surface area contributed by atoms with Crippen LogP contribution in [0.3, 0.4) is 0 Å². The molecule has 3 heteroatoms. The Morgan fingerprint density at radius 3 is 2.64 bits per heavy atom. The molecule has 0 radical (unpaired) electrons. The molecule has 0 aromatic heterocycles. The summed E-state index contributed by atoms with van der Waals surface area (Å²) in [7, 11) is 1.35. The van der Waals surface area contributed by atoms with Crippen LogP contribution in [0.4, 0.5) is 4.39 Å². The van der Waals surface area contributed by atoms with Gasteiger partial charge in [0, 0.05) is 10.8 Å². The van der Waals surface area contributed by atoms with Gasteiger partial charge in [0.15, 0.2) is 0 Å². The van der Waals surface area contributed by atoms with E-state index in [2.05, 4.69) is 11.7 Å². The second kappa shape index (κ2) is 4.02. The van der Waals surface area contributed by atoms with Crippen LogP contribution in [0.15, 0.2) is 24.3 Å². The van der Waals surface area contributed by atoms with Crippen molar-refractivity contribution in [1.82, 2.24) is 0 Å². The zero-order chi connectivity index (χ0) is 8.27. The maximum Gasteiger partial charge on any atom is 0.127 e. The SMILES string of the molecule is CC(SS)c1ccccc1F. The first-order chi connectivity index (χ1) is 5.25. The molecule has 60 valence electrons. The van der Waals surface area contributed by atoms with Crippen LogP contribution in [0, 0.1) is 5.82 Å². The van der Waals surface area contributed by atoms with Crippen LogP contribution in [0.5, 0.6) is 0 Å². The Balaban J connectivity index is 2.93. The average molecular weight is 188 g/mol. The zero-order valence-corrected chi connectivity index (χ0v) is 7.83. The maximum absolute atomic E-state index is 13.0. The minimum absolute atomic E-state index is 0.111. The van der Waals surface area contributed by atoms with Crippen LogP contribution in [-0.2, 0) is 0 Å². The van der Waals surface area contributed by atoms with Crippen molar-refractivity contribution in [3.05, 3.63) is 35.6 Å². The van der Waals surface area contributed by atoms with Gasteiger partial charge in [0.2, 0.25) is 0 Å². The minimum Gasteiger partial charge on any atom is -0.207 e. The van der Waals surface area contributed by atoms with E-state index < -0.39 is 0 Å². The Bertz CT molecular complexity index is 237. The second-order valence-electron chi connectivity index (χ2n) is 2.27. The Morgan fingerprint density at radius 1 is 1.45 bits per heavy atom. The summed E-state index contributed by atoms with van der Waals surface area (Å²) >= 11 is 4.02. The lowest BCUT2D eigenvalue weighted by Gasteiger charge is -2.07. The summed E-state index contributed by atoms with van der Waals surface area (Å²) in [6, 6.07) is 6.77. The molecule has 0 fully saturated rings. The summed E-state index contributed by atoms with van der Waals surface area (Å²) in [6.45, 7) is 1.93. The van der Waals surface area contributed by atoms with E-state index in [1.165, 1.54) is 16.9 Å². The molecule has 11 heavy (non-hydrogen) atoms. The molecular weight excluding hydrogens is 179 g/mol. The van der Waals surface area contributed by atoms with Crippen molar-refractivity contribution in [2.45, 2.75) is 12.2 Å². The Kier molecular flexibility index (Phi) is 3.27. The zero-order valence-electron chi connectivity index (χ0n) is 6.12. The summed E-state index contributed by atoms with van der Waals surface area (Å²) < 4.78 is 13.0. The van der Waals surface area contributed by atoms with Gasteiger partial charge in [-0.05, 0) is 13.0 Å². The quantitative estimate of drug-likeness (QED) is 0.548. The summed E-state index contributed by atoms with van der Waals surface area (Å²) in [5.41, 5.74) is 0.715. The van der Waals surface area contributed by atoms with Crippen LogP contribution < -0.4 is 0 Å². The number of halogens is 1. The molecule has 1 aromatic rings. The number of thiol groups is 1. The molecule has 1 atom stereocenters. The molecule has 0 aliphatic carbocycles. The number of hydrogen-bond acceptors (Lipinski definition) is 2. The van der Waals surface area contributed by atoms with Gasteiger partial charge < -0.3 is 0 Å². The topological polar surface area (TPSA) is 0 Å². The maximum atomic E-state index is 13.0. The van der Waals surface area contributed by atoms with E-state index in [-0.39, 0.29) is 11.1 Å². The molecule has 0 aliphatic rings. The summed E-state index contributed by atoms with van der Waals surface area (Å²) in [5, 5.41) is 0.111. The third-order valence-corrected chi connectivity index (χ3v) is 3.02. The average Bonchev–Trinajstić information content (AvgIpc) is 2.04. The molecule has 0 spiro atoms. The van der Waals surface area contributed by atoms with E-state index in [4.69, 9.17) is 0 Å². The number of benzene rings is 1. The van der Waals surface area contributed by atoms with Gasteiger partial charge in [0.25, 0.3) is 0 Å². The van der Waals surface area contributed by atoms with Crippen LogP contribution >= 0.6 is 22.5 Å². The van der Waals surface area contributed by atoms with E-state index in [0.717, 1.165) is 0 Å². The lowest BCUT2D eigenvalue weighted by molar-refractivity contribution is 0.611. The van der Waals surface area contributed by atoms with Crippen molar-refractivity contribution in [3.63, 3.8) is 0 Å². The van der Waals surface area contributed by atoms with Gasteiger partial charge >= 0.3 is 0 Å². The van der Waals surface area contributed by atoms with Crippen molar-refractivity contribution in [2.75, 3.05) is 0 Å². The van der Waals surface area contributed by atoms with E-state index in [1.54, 1.807) is 12.1 Å². The lowest BCUT2D eigenvalue weighted by atomic mass is 10.1. The van der Waals surface area contributed by atoms with E-state index in [0.29, 0.717) is 5.56 Å². The Labute approximate surface area is 75.0 Å². The highest BCUT2D eigenvalue weighted by molar-refractivity contribution is 8.68. The fourth-order valence-corrected chi connectivity index (χ4v) is 1.51. The lowest BCUT2D eigenvalue weighted by Crippen LogP contribution is -1.89. The highest BCUT2D eigenvalue weighted by Crippen LogP contribution is 2.31. The first-order valence-corrected chi connectivity index (χ1v) is 5.23. The Hall–Kier alpha value is -0.150. The van der Waals surface area contributed by atoms with Crippen molar-refractivity contribution in [3.8, 4) is 0 Å². The minimum atomic E-state index is -0.151. The van der Waals surface area contributed by atoms with Gasteiger partial charge in [0.1, 0.15) is 5.82 Å². The van der Waals surface area contributed by atoms with Crippen molar-refractivity contribution < 1.29 is 4.39 Å². The van der Waals surface area contributed by atoms with Gasteiger partial charge in [-0.25, -0.2) is 4.39 Å². The molecule has 0 bridgehead atoms. The molecule has 0 aliphatic heterocycles. The molecule has 1 rings (SSSR count). The summed E-state index contributed by atoms with van der Waals surface area (Å²) in [5.74, 6) is -0.151. The van der Waals surface area contributed by atoms with Crippen LogP contribution in [-0.4, -0.2) is 0 Å². The molecule has 1 unspecified atom stereocenters. The van der Waals surface area contributed by atoms with Gasteiger partial charge in [0.05, 0.1) is 0 Å². The molecule has 1 aromatic carbocycles. The van der Waals surface area contributed by atoms with E-state index in [9.17, 15) is 4.39 Å². The molecule has 0 saturated heterocycles. The van der Waals surface area contributed by atoms with Gasteiger partial charge in [-0.1, -0.05) is 29.0 Å². The highest BCUT2D eigenvalue weighted by atomic mass is 33.1. The predicted octanol–water partition coefficient (Wildman–Crippen LogP) is 3.46. The van der Waals surface area contributed by atoms with Crippen molar-refractivity contribution >= 4 is 22.5 Å². The van der Waals surface area contributed by atoms with Gasteiger partial charge in [-0.2, -0.15) is 0 Å². The van der Waals surface area contributed by atoms with E-state index >= 15 is 0 Å².